The van der Waals surface area contributed by atoms with Crippen LogP contribution in [0.25, 0.3) is 0 Å². The Hall–Kier alpha value is -2.61. The van der Waals surface area contributed by atoms with Crippen molar-refractivity contribution in [3.63, 3.8) is 0 Å². The van der Waals surface area contributed by atoms with Gasteiger partial charge in [-0.15, -0.1) is 0 Å². The van der Waals surface area contributed by atoms with Gasteiger partial charge in [0.25, 0.3) is 0 Å². The molecule has 0 amide bonds. The van der Waals surface area contributed by atoms with Crippen LogP contribution in [0.1, 0.15) is 29.2 Å². The number of nitrogens with zero attached hydrogens (tertiary/aromatic N) is 2. The number of aryl methyl sites for hydroxylation is 1. The van der Waals surface area contributed by atoms with Gasteiger partial charge in [-0.25, -0.2) is 13.8 Å². The third kappa shape index (κ3) is 3.94. The molecule has 2 heterocycles. The summed E-state index contributed by atoms with van der Waals surface area (Å²) in [5.41, 5.74) is 2.24. The third-order valence-corrected chi connectivity index (χ3v) is 5.33. The van der Waals surface area contributed by atoms with Crippen molar-refractivity contribution in [2.75, 3.05) is 6.54 Å². The highest BCUT2D eigenvalue weighted by Crippen LogP contribution is 2.40. The molecule has 0 saturated carbocycles. The molecule has 2 atom stereocenters. The second kappa shape index (κ2) is 7.33. The lowest BCUT2D eigenvalue weighted by molar-refractivity contribution is -0.220. The quantitative estimate of drug-likeness (QED) is 0.734. The van der Waals surface area contributed by atoms with Crippen LogP contribution in [0.2, 0.25) is 0 Å². The molecule has 2 aromatic rings. The van der Waals surface area contributed by atoms with Crippen LogP contribution in [0.5, 0.6) is 0 Å². The Morgan fingerprint density at radius 2 is 1.76 bits per heavy atom. The summed E-state index contributed by atoms with van der Waals surface area (Å²) in [4.78, 5) is 0. The number of nitrogens with one attached hydrogen (secondary N) is 1. The van der Waals surface area contributed by atoms with Gasteiger partial charge >= 0.3 is 6.18 Å². The number of alkyl halides is 3. The van der Waals surface area contributed by atoms with E-state index in [9.17, 15) is 22.0 Å². The molecule has 3 nitrogen and oxygen atoms in total. The molecule has 0 spiro atoms. The fourth-order valence-electron chi connectivity index (χ4n) is 3.86. The fraction of sp³-hybridized carbons (Fsp3) is 0.333. The lowest BCUT2D eigenvalue weighted by Crippen LogP contribution is -2.57. The van der Waals surface area contributed by atoms with E-state index < -0.39 is 29.9 Å². The van der Waals surface area contributed by atoms with E-state index in [4.69, 9.17) is 0 Å². The van der Waals surface area contributed by atoms with Crippen molar-refractivity contribution in [3.8, 4) is 0 Å². The minimum Gasteiger partial charge on any atom is -0.364 e. The first-order chi connectivity index (χ1) is 13.7. The summed E-state index contributed by atoms with van der Waals surface area (Å²) < 4.78 is 68.5. The molecule has 2 aliphatic heterocycles. The van der Waals surface area contributed by atoms with Gasteiger partial charge in [0, 0.05) is 19.5 Å². The van der Waals surface area contributed by atoms with E-state index in [-0.39, 0.29) is 19.5 Å². The average Bonchev–Trinajstić information content (AvgIpc) is 3.06. The molecule has 2 aliphatic rings. The SMILES string of the molecule is Cc1ccc([C@@H]2C[C@H](C(F)(F)F)N3C(=CCN3Cc3ccc(F)c(F)c3)N2)cc1. The number of rotatable bonds is 3. The maximum absolute atomic E-state index is 13.9. The zero-order valence-corrected chi connectivity index (χ0v) is 15.7. The highest BCUT2D eigenvalue weighted by atomic mass is 19.4. The number of hydrazine groups is 1. The number of hydrogen-bond acceptors (Lipinski definition) is 3. The largest absolute Gasteiger partial charge is 0.410 e. The maximum Gasteiger partial charge on any atom is 0.410 e. The highest BCUT2D eigenvalue weighted by molar-refractivity contribution is 5.28. The van der Waals surface area contributed by atoms with E-state index in [2.05, 4.69) is 5.32 Å². The molecule has 0 unspecified atom stereocenters. The zero-order valence-electron chi connectivity index (χ0n) is 15.7. The maximum atomic E-state index is 13.9. The number of fused-ring (bicyclic) bond motifs is 1. The summed E-state index contributed by atoms with van der Waals surface area (Å²) in [5.74, 6) is -1.62. The predicted octanol–water partition coefficient (Wildman–Crippen LogP) is 4.81. The second-order valence-corrected chi connectivity index (χ2v) is 7.43. The van der Waals surface area contributed by atoms with E-state index in [0.29, 0.717) is 11.4 Å². The monoisotopic (exact) mass is 409 g/mol. The molecule has 1 N–H and O–H groups in total. The molecule has 8 heteroatoms. The second-order valence-electron chi connectivity index (χ2n) is 7.43. The standard InChI is InChI=1S/C21H20F5N3/c1-13-2-5-15(6-3-13)18-11-19(21(24,25)26)29-20(27-18)8-9-28(29)12-14-4-7-16(22)17(23)10-14/h2-8,10,18-19,27H,9,11-12H2,1H3/t18-,19+/m0/s1. The fourth-order valence-corrected chi connectivity index (χ4v) is 3.86. The topological polar surface area (TPSA) is 18.5 Å². The Kier molecular flexibility index (Phi) is 4.98. The van der Waals surface area contributed by atoms with Crippen LogP contribution in [0.3, 0.4) is 0 Å². The summed E-state index contributed by atoms with van der Waals surface area (Å²) in [6.45, 7) is 2.21. The lowest BCUT2D eigenvalue weighted by atomic mass is 9.95. The van der Waals surface area contributed by atoms with Crippen LogP contribution >= 0.6 is 0 Å². The molecule has 2 aromatic carbocycles. The molecule has 0 aliphatic carbocycles. The summed E-state index contributed by atoms with van der Waals surface area (Å²) in [5, 5.41) is 5.90. The Balaban J connectivity index is 1.59. The first-order valence-corrected chi connectivity index (χ1v) is 9.30. The number of halogens is 5. The Labute approximate surface area is 165 Å². The van der Waals surface area contributed by atoms with Crippen LogP contribution in [0.4, 0.5) is 22.0 Å². The third-order valence-electron chi connectivity index (χ3n) is 5.33. The van der Waals surface area contributed by atoms with Crippen molar-refractivity contribution in [2.45, 2.75) is 38.1 Å². The molecule has 0 radical (unpaired) electrons. The predicted molar refractivity (Wildman–Crippen MR) is 98.2 cm³/mol. The first-order valence-electron chi connectivity index (χ1n) is 9.30. The minimum absolute atomic E-state index is 0.0423. The van der Waals surface area contributed by atoms with Crippen LogP contribution in [0, 0.1) is 18.6 Å². The van der Waals surface area contributed by atoms with Crippen molar-refractivity contribution in [2.24, 2.45) is 0 Å². The van der Waals surface area contributed by atoms with Crippen LogP contribution in [-0.4, -0.2) is 28.8 Å². The smallest absolute Gasteiger partial charge is 0.364 e. The van der Waals surface area contributed by atoms with Crippen LogP contribution in [-0.2, 0) is 6.54 Å². The van der Waals surface area contributed by atoms with Gasteiger partial charge in [-0.3, -0.25) is 5.01 Å². The molecule has 4 rings (SSSR count). The zero-order chi connectivity index (χ0) is 20.8. The van der Waals surface area contributed by atoms with Gasteiger partial charge in [-0.05, 0) is 36.3 Å². The van der Waals surface area contributed by atoms with E-state index in [1.54, 1.807) is 6.08 Å². The molecule has 1 fully saturated rings. The number of benzene rings is 2. The van der Waals surface area contributed by atoms with Crippen molar-refractivity contribution in [3.05, 3.63) is 82.7 Å². The molecule has 0 aromatic heterocycles. The van der Waals surface area contributed by atoms with Gasteiger partial charge in [-0.1, -0.05) is 35.9 Å². The van der Waals surface area contributed by atoms with Gasteiger partial charge in [0.2, 0.25) is 0 Å². The molecule has 0 bridgehead atoms. The normalized spacial score (nSPS) is 22.3. The molecular formula is C21H20F5N3. The Morgan fingerprint density at radius 1 is 1.03 bits per heavy atom. The van der Waals surface area contributed by atoms with Crippen LogP contribution < -0.4 is 5.32 Å². The average molecular weight is 409 g/mol. The first kappa shape index (κ1) is 19.7. The summed E-state index contributed by atoms with van der Waals surface area (Å²) in [6.07, 6.45) is -2.90. The highest BCUT2D eigenvalue weighted by Gasteiger charge is 2.51. The molecular weight excluding hydrogens is 389 g/mol. The van der Waals surface area contributed by atoms with E-state index in [1.165, 1.54) is 16.1 Å². The van der Waals surface area contributed by atoms with Gasteiger partial charge in [0.05, 0.1) is 6.04 Å². The van der Waals surface area contributed by atoms with Crippen molar-refractivity contribution < 1.29 is 22.0 Å². The van der Waals surface area contributed by atoms with Crippen molar-refractivity contribution in [1.82, 2.24) is 15.3 Å². The lowest BCUT2D eigenvalue weighted by Gasteiger charge is -2.45. The summed E-state index contributed by atoms with van der Waals surface area (Å²) in [6, 6.07) is 8.64. The van der Waals surface area contributed by atoms with E-state index >= 15 is 0 Å². The van der Waals surface area contributed by atoms with Gasteiger partial charge in [0.15, 0.2) is 11.6 Å². The van der Waals surface area contributed by atoms with Gasteiger partial charge in [-0.2, -0.15) is 13.2 Å². The van der Waals surface area contributed by atoms with Gasteiger partial charge in [0.1, 0.15) is 11.9 Å². The summed E-state index contributed by atoms with van der Waals surface area (Å²) >= 11 is 0. The molecule has 154 valence electrons. The Morgan fingerprint density at radius 3 is 2.41 bits per heavy atom. The van der Waals surface area contributed by atoms with Crippen molar-refractivity contribution >= 4 is 0 Å². The van der Waals surface area contributed by atoms with E-state index in [1.807, 2.05) is 31.2 Å². The number of hydrogen-bond donors (Lipinski definition) is 1. The minimum atomic E-state index is -4.44. The molecule has 29 heavy (non-hydrogen) atoms. The van der Waals surface area contributed by atoms with Crippen molar-refractivity contribution in [1.29, 1.82) is 0 Å². The molecule has 1 saturated heterocycles. The summed E-state index contributed by atoms with van der Waals surface area (Å²) in [7, 11) is 0. The van der Waals surface area contributed by atoms with Gasteiger partial charge < -0.3 is 5.32 Å². The Bertz CT molecular complexity index is 923. The van der Waals surface area contributed by atoms with Crippen LogP contribution in [0.15, 0.2) is 54.4 Å². The van der Waals surface area contributed by atoms with E-state index in [0.717, 1.165) is 23.3 Å².